The minimum absolute atomic E-state index is 0.136. The lowest BCUT2D eigenvalue weighted by molar-refractivity contribution is -0.126. The van der Waals surface area contributed by atoms with Gasteiger partial charge in [0.05, 0.1) is 19.1 Å². The first-order chi connectivity index (χ1) is 12.7. The summed E-state index contributed by atoms with van der Waals surface area (Å²) in [4.78, 5) is 17.4. The molecule has 0 aliphatic carbocycles. The number of hydrogen-bond acceptors (Lipinski definition) is 4. The number of benzene rings is 1. The number of piperidine rings is 1. The third kappa shape index (κ3) is 6.08. The highest BCUT2D eigenvalue weighted by Gasteiger charge is 2.25. The molecule has 1 aromatic rings. The van der Waals surface area contributed by atoms with E-state index >= 15 is 0 Å². The van der Waals surface area contributed by atoms with Gasteiger partial charge in [-0.05, 0) is 44.8 Å². The van der Waals surface area contributed by atoms with Crippen LogP contribution in [0.15, 0.2) is 24.3 Å². The molecule has 5 nitrogen and oxygen atoms in total. The summed E-state index contributed by atoms with van der Waals surface area (Å²) < 4.78 is 5.37. The van der Waals surface area contributed by atoms with Crippen molar-refractivity contribution in [2.75, 3.05) is 52.5 Å². The summed E-state index contributed by atoms with van der Waals surface area (Å²) in [5.74, 6) is 0.373. The van der Waals surface area contributed by atoms with Crippen LogP contribution in [-0.2, 0) is 16.1 Å². The summed E-state index contributed by atoms with van der Waals surface area (Å²) in [6, 6.07) is 8.68. The van der Waals surface area contributed by atoms with Crippen molar-refractivity contribution in [1.82, 2.24) is 15.1 Å². The predicted molar refractivity (Wildman–Crippen MR) is 104 cm³/mol. The molecule has 2 aliphatic rings. The van der Waals surface area contributed by atoms with Gasteiger partial charge in [0, 0.05) is 32.7 Å². The number of carbonyl (C=O) groups is 1. The van der Waals surface area contributed by atoms with Gasteiger partial charge >= 0.3 is 0 Å². The second kappa shape index (κ2) is 10.0. The Morgan fingerprint density at radius 2 is 2.08 bits per heavy atom. The van der Waals surface area contributed by atoms with Crippen molar-refractivity contribution in [1.29, 1.82) is 0 Å². The Balaban J connectivity index is 1.37. The van der Waals surface area contributed by atoms with E-state index in [1.54, 1.807) is 0 Å². The highest BCUT2D eigenvalue weighted by molar-refractivity contribution is 5.78. The molecule has 1 N–H and O–H groups in total. The molecular formula is C21H33N3O2. The van der Waals surface area contributed by atoms with Crippen molar-refractivity contribution in [3.8, 4) is 0 Å². The summed E-state index contributed by atoms with van der Waals surface area (Å²) >= 11 is 0. The lowest BCUT2D eigenvalue weighted by Crippen LogP contribution is -2.43. The van der Waals surface area contributed by atoms with Gasteiger partial charge in [0.1, 0.15) is 0 Å². The van der Waals surface area contributed by atoms with Crippen LogP contribution in [0.4, 0.5) is 0 Å². The molecule has 3 rings (SSSR count). The Hall–Kier alpha value is -1.43. The molecule has 1 aromatic carbocycles. The molecule has 0 radical (unpaired) electrons. The molecule has 0 bridgehead atoms. The van der Waals surface area contributed by atoms with E-state index in [-0.39, 0.29) is 11.8 Å². The van der Waals surface area contributed by atoms with Gasteiger partial charge < -0.3 is 10.1 Å². The molecule has 144 valence electrons. The molecule has 1 amide bonds. The Labute approximate surface area is 157 Å². The third-order valence-electron chi connectivity index (χ3n) is 5.42. The zero-order valence-electron chi connectivity index (χ0n) is 16.1. The fourth-order valence-electron chi connectivity index (χ4n) is 3.97. The van der Waals surface area contributed by atoms with Crippen molar-refractivity contribution in [3.63, 3.8) is 0 Å². The fourth-order valence-corrected chi connectivity index (χ4v) is 3.97. The number of aryl methyl sites for hydroxylation is 1. The van der Waals surface area contributed by atoms with Crippen molar-refractivity contribution in [3.05, 3.63) is 35.4 Å². The normalized spacial score (nSPS) is 22.3. The van der Waals surface area contributed by atoms with Crippen molar-refractivity contribution in [2.24, 2.45) is 5.92 Å². The van der Waals surface area contributed by atoms with E-state index < -0.39 is 0 Å². The highest BCUT2D eigenvalue weighted by atomic mass is 16.5. The molecule has 2 fully saturated rings. The summed E-state index contributed by atoms with van der Waals surface area (Å²) in [5.41, 5.74) is 2.64. The van der Waals surface area contributed by atoms with Crippen molar-refractivity contribution >= 4 is 5.91 Å². The first-order valence-electron chi connectivity index (χ1n) is 10.1. The average molecular weight is 360 g/mol. The van der Waals surface area contributed by atoms with Gasteiger partial charge in [-0.2, -0.15) is 0 Å². The van der Waals surface area contributed by atoms with E-state index in [1.807, 2.05) is 0 Å². The van der Waals surface area contributed by atoms with Gasteiger partial charge in [-0.15, -0.1) is 0 Å². The monoisotopic (exact) mass is 359 g/mol. The lowest BCUT2D eigenvalue weighted by atomic mass is 9.96. The standard InChI is InChI=1S/C21H33N3O2/c1-18-5-2-6-19(15-18)16-24-9-3-7-20(17-24)21(25)22-8-4-10-23-11-13-26-14-12-23/h2,5-6,15,20H,3-4,7-14,16-17H2,1H3,(H,22,25). The van der Waals surface area contributed by atoms with E-state index in [9.17, 15) is 4.79 Å². The van der Waals surface area contributed by atoms with Gasteiger partial charge in [0.2, 0.25) is 5.91 Å². The van der Waals surface area contributed by atoms with Crippen LogP contribution in [0.5, 0.6) is 0 Å². The molecule has 1 atom stereocenters. The Bertz CT molecular complexity index is 572. The second-order valence-electron chi connectivity index (χ2n) is 7.66. The summed E-state index contributed by atoms with van der Waals surface area (Å²) in [6.07, 6.45) is 3.14. The zero-order chi connectivity index (χ0) is 18.2. The topological polar surface area (TPSA) is 44.8 Å². The molecule has 2 heterocycles. The van der Waals surface area contributed by atoms with Crippen LogP contribution < -0.4 is 5.32 Å². The largest absolute Gasteiger partial charge is 0.379 e. The average Bonchev–Trinajstić information content (AvgIpc) is 2.66. The Morgan fingerprint density at radius 1 is 1.23 bits per heavy atom. The molecule has 5 heteroatoms. The summed E-state index contributed by atoms with van der Waals surface area (Å²) in [5, 5.41) is 3.16. The number of ether oxygens (including phenoxy) is 1. The SMILES string of the molecule is Cc1cccc(CN2CCCC(C(=O)NCCCN3CCOCC3)C2)c1. The molecule has 0 saturated carbocycles. The summed E-state index contributed by atoms with van der Waals surface area (Å²) in [7, 11) is 0. The van der Waals surface area contributed by atoms with Crippen LogP contribution >= 0.6 is 0 Å². The van der Waals surface area contributed by atoms with E-state index in [1.165, 1.54) is 11.1 Å². The van der Waals surface area contributed by atoms with Crippen LogP contribution in [0.2, 0.25) is 0 Å². The molecule has 1 unspecified atom stereocenters. The molecule has 0 aromatic heterocycles. The summed E-state index contributed by atoms with van der Waals surface area (Å²) in [6.45, 7) is 10.6. The smallest absolute Gasteiger partial charge is 0.224 e. The lowest BCUT2D eigenvalue weighted by Gasteiger charge is -2.32. The molecule has 2 aliphatic heterocycles. The van der Waals surface area contributed by atoms with E-state index in [2.05, 4.69) is 46.3 Å². The number of nitrogens with one attached hydrogen (secondary N) is 1. The molecular weight excluding hydrogens is 326 g/mol. The van der Waals surface area contributed by atoms with E-state index in [0.29, 0.717) is 0 Å². The number of likely N-dealkylation sites (tertiary alicyclic amines) is 1. The van der Waals surface area contributed by atoms with Gasteiger partial charge in [-0.1, -0.05) is 29.8 Å². The number of rotatable bonds is 7. The first kappa shape index (κ1) is 19.3. The Kier molecular flexibility index (Phi) is 7.47. The van der Waals surface area contributed by atoms with E-state index in [0.717, 1.165) is 78.3 Å². The number of carbonyl (C=O) groups excluding carboxylic acids is 1. The quantitative estimate of drug-likeness (QED) is 0.757. The maximum Gasteiger partial charge on any atom is 0.224 e. The van der Waals surface area contributed by atoms with Crippen LogP contribution in [-0.4, -0.2) is 68.2 Å². The van der Waals surface area contributed by atoms with Crippen molar-refractivity contribution in [2.45, 2.75) is 32.7 Å². The molecule has 26 heavy (non-hydrogen) atoms. The predicted octanol–water partition coefficient (Wildman–Crippen LogP) is 2.05. The third-order valence-corrected chi connectivity index (χ3v) is 5.42. The number of nitrogens with zero attached hydrogens (tertiary/aromatic N) is 2. The maximum atomic E-state index is 12.5. The number of morpholine rings is 1. The second-order valence-corrected chi connectivity index (χ2v) is 7.66. The first-order valence-corrected chi connectivity index (χ1v) is 10.1. The van der Waals surface area contributed by atoms with Gasteiger partial charge in [-0.25, -0.2) is 0 Å². The molecule has 0 spiro atoms. The van der Waals surface area contributed by atoms with Gasteiger partial charge in [0.15, 0.2) is 0 Å². The Morgan fingerprint density at radius 3 is 2.88 bits per heavy atom. The maximum absolute atomic E-state index is 12.5. The minimum atomic E-state index is 0.136. The van der Waals surface area contributed by atoms with Crippen LogP contribution in [0.25, 0.3) is 0 Å². The fraction of sp³-hybridized carbons (Fsp3) is 0.667. The molecule has 2 saturated heterocycles. The van der Waals surface area contributed by atoms with Crippen LogP contribution in [0, 0.1) is 12.8 Å². The minimum Gasteiger partial charge on any atom is -0.379 e. The highest BCUT2D eigenvalue weighted by Crippen LogP contribution is 2.19. The van der Waals surface area contributed by atoms with Gasteiger partial charge in [-0.3, -0.25) is 14.6 Å². The van der Waals surface area contributed by atoms with Crippen LogP contribution in [0.3, 0.4) is 0 Å². The zero-order valence-corrected chi connectivity index (χ0v) is 16.1. The number of hydrogen-bond donors (Lipinski definition) is 1. The van der Waals surface area contributed by atoms with Crippen molar-refractivity contribution < 1.29 is 9.53 Å². The number of amides is 1. The van der Waals surface area contributed by atoms with E-state index in [4.69, 9.17) is 4.74 Å². The van der Waals surface area contributed by atoms with Crippen LogP contribution in [0.1, 0.15) is 30.4 Å². The van der Waals surface area contributed by atoms with Gasteiger partial charge in [0.25, 0.3) is 0 Å².